The van der Waals surface area contributed by atoms with E-state index in [1.54, 1.807) is 30.3 Å². The highest BCUT2D eigenvalue weighted by molar-refractivity contribution is 5.95. The zero-order chi connectivity index (χ0) is 19.2. The van der Waals surface area contributed by atoms with Crippen molar-refractivity contribution < 1.29 is 23.9 Å². The molecule has 3 aromatic rings. The van der Waals surface area contributed by atoms with Crippen LogP contribution in [0.1, 0.15) is 26.4 Å². The number of fused-ring (bicyclic) bond motifs is 1. The van der Waals surface area contributed by atoms with E-state index in [9.17, 15) is 14.4 Å². The number of ether oxygens (including phenoxy) is 2. The van der Waals surface area contributed by atoms with Crippen molar-refractivity contribution in [2.45, 2.75) is 6.54 Å². The van der Waals surface area contributed by atoms with Crippen LogP contribution >= 0.6 is 0 Å². The van der Waals surface area contributed by atoms with Crippen molar-refractivity contribution in [2.24, 2.45) is 0 Å². The van der Waals surface area contributed by atoms with Gasteiger partial charge in [0, 0.05) is 17.4 Å². The van der Waals surface area contributed by atoms with E-state index in [-0.39, 0.29) is 13.2 Å². The summed E-state index contributed by atoms with van der Waals surface area (Å²) in [6.45, 7) is -0.126. The summed E-state index contributed by atoms with van der Waals surface area (Å²) >= 11 is 0. The van der Waals surface area contributed by atoms with Gasteiger partial charge < -0.3 is 19.8 Å². The summed E-state index contributed by atoms with van der Waals surface area (Å²) < 4.78 is 9.65. The van der Waals surface area contributed by atoms with Crippen molar-refractivity contribution in [1.82, 2.24) is 10.3 Å². The molecular weight excluding hydrogens is 348 g/mol. The molecule has 0 saturated heterocycles. The number of nitrogens with one attached hydrogen (secondary N) is 2. The van der Waals surface area contributed by atoms with E-state index in [1.165, 1.54) is 7.11 Å². The smallest absolute Gasteiger partial charge is 0.355 e. The van der Waals surface area contributed by atoms with Gasteiger partial charge in [-0.05, 0) is 29.8 Å². The molecule has 2 aromatic carbocycles. The molecule has 138 valence electrons. The van der Waals surface area contributed by atoms with Gasteiger partial charge in [0.25, 0.3) is 5.91 Å². The van der Waals surface area contributed by atoms with Gasteiger partial charge in [0.05, 0.1) is 12.7 Å². The average Bonchev–Trinajstić information content (AvgIpc) is 3.14. The van der Waals surface area contributed by atoms with Gasteiger partial charge in [0.2, 0.25) is 0 Å². The highest BCUT2D eigenvalue weighted by Gasteiger charge is 2.13. The summed E-state index contributed by atoms with van der Waals surface area (Å²) in [4.78, 5) is 38.2. The maximum absolute atomic E-state index is 12.0. The van der Waals surface area contributed by atoms with E-state index in [4.69, 9.17) is 4.74 Å². The molecule has 1 amide bonds. The van der Waals surface area contributed by atoms with Crippen molar-refractivity contribution >= 4 is 28.7 Å². The Morgan fingerprint density at radius 2 is 1.74 bits per heavy atom. The van der Waals surface area contributed by atoms with E-state index < -0.39 is 17.8 Å². The van der Waals surface area contributed by atoms with Crippen LogP contribution in [0, 0.1) is 0 Å². The third-order valence-electron chi connectivity index (χ3n) is 3.95. The molecule has 1 aromatic heterocycles. The highest BCUT2D eigenvalue weighted by atomic mass is 16.5. The van der Waals surface area contributed by atoms with Crippen molar-refractivity contribution in [3.63, 3.8) is 0 Å². The fourth-order valence-corrected chi connectivity index (χ4v) is 2.52. The number of aromatic nitrogens is 1. The van der Waals surface area contributed by atoms with Crippen LogP contribution in [0.25, 0.3) is 10.9 Å². The van der Waals surface area contributed by atoms with E-state index in [1.807, 2.05) is 24.3 Å². The van der Waals surface area contributed by atoms with Crippen molar-refractivity contribution in [2.75, 3.05) is 13.7 Å². The lowest BCUT2D eigenvalue weighted by atomic mass is 10.1. The third kappa shape index (κ3) is 4.52. The van der Waals surface area contributed by atoms with Crippen LogP contribution in [-0.4, -0.2) is 36.5 Å². The Balaban J connectivity index is 1.47. The first-order valence-electron chi connectivity index (χ1n) is 8.25. The first-order valence-corrected chi connectivity index (χ1v) is 8.25. The van der Waals surface area contributed by atoms with Crippen LogP contribution < -0.4 is 5.32 Å². The Morgan fingerprint density at radius 3 is 2.44 bits per heavy atom. The van der Waals surface area contributed by atoms with Crippen LogP contribution in [-0.2, 0) is 20.8 Å². The minimum absolute atomic E-state index is 0.254. The van der Waals surface area contributed by atoms with Crippen LogP contribution in [0.3, 0.4) is 0 Å². The zero-order valence-corrected chi connectivity index (χ0v) is 14.7. The lowest BCUT2D eigenvalue weighted by Gasteiger charge is -2.07. The second kappa shape index (κ2) is 8.18. The van der Waals surface area contributed by atoms with Gasteiger partial charge in [-0.25, -0.2) is 9.59 Å². The van der Waals surface area contributed by atoms with Crippen molar-refractivity contribution in [3.05, 3.63) is 71.4 Å². The molecule has 0 aliphatic heterocycles. The Bertz CT molecular complexity index is 942. The predicted octanol–water partition coefficient (Wildman–Crippen LogP) is 2.43. The Hall–Kier alpha value is -3.61. The van der Waals surface area contributed by atoms with Crippen molar-refractivity contribution in [1.29, 1.82) is 0 Å². The van der Waals surface area contributed by atoms with Gasteiger partial charge in [-0.1, -0.05) is 30.3 Å². The van der Waals surface area contributed by atoms with E-state index in [0.717, 1.165) is 16.5 Å². The van der Waals surface area contributed by atoms with Crippen LogP contribution in [0.5, 0.6) is 0 Å². The maximum atomic E-state index is 12.0. The summed E-state index contributed by atoms with van der Waals surface area (Å²) in [5.41, 5.74) is 2.35. The third-order valence-corrected chi connectivity index (χ3v) is 3.95. The number of carbonyl (C=O) groups is 3. The summed E-state index contributed by atoms with van der Waals surface area (Å²) in [7, 11) is 1.31. The lowest BCUT2D eigenvalue weighted by Crippen LogP contribution is -2.28. The summed E-state index contributed by atoms with van der Waals surface area (Å²) in [6.07, 6.45) is 0. The SMILES string of the molecule is COC(=O)c1ccc(CNC(=O)COC(=O)c2cc3ccccc3[nH]2)cc1. The molecule has 3 rings (SSSR count). The number of rotatable bonds is 6. The van der Waals surface area contributed by atoms with Gasteiger partial charge in [0.15, 0.2) is 6.61 Å². The average molecular weight is 366 g/mol. The van der Waals surface area contributed by atoms with Crippen molar-refractivity contribution in [3.8, 4) is 0 Å². The second-order valence-electron chi connectivity index (χ2n) is 5.81. The molecule has 0 saturated carbocycles. The molecule has 1 heterocycles. The lowest BCUT2D eigenvalue weighted by molar-refractivity contribution is -0.124. The standard InChI is InChI=1S/C20H18N2O5/c1-26-19(24)14-8-6-13(7-9-14)11-21-18(23)12-27-20(25)17-10-15-4-2-3-5-16(15)22-17/h2-10,22H,11-12H2,1H3,(H,21,23). The Kier molecular flexibility index (Phi) is 5.51. The number of methoxy groups -OCH3 is 1. The van der Waals surface area contributed by atoms with E-state index in [0.29, 0.717) is 11.3 Å². The molecule has 0 radical (unpaired) electrons. The number of hydrogen-bond donors (Lipinski definition) is 2. The highest BCUT2D eigenvalue weighted by Crippen LogP contribution is 2.15. The Labute approximate surface area is 155 Å². The molecule has 0 aliphatic carbocycles. The van der Waals surface area contributed by atoms with E-state index in [2.05, 4.69) is 15.0 Å². The Morgan fingerprint density at radius 1 is 1.00 bits per heavy atom. The van der Waals surface area contributed by atoms with E-state index >= 15 is 0 Å². The molecule has 7 heteroatoms. The molecule has 27 heavy (non-hydrogen) atoms. The predicted molar refractivity (Wildman–Crippen MR) is 98.2 cm³/mol. The molecular formula is C20H18N2O5. The van der Waals surface area contributed by atoms with Gasteiger partial charge in [-0.3, -0.25) is 4.79 Å². The number of carbonyl (C=O) groups excluding carboxylic acids is 3. The molecule has 0 atom stereocenters. The minimum Gasteiger partial charge on any atom is -0.465 e. The number of aromatic amines is 1. The number of hydrogen-bond acceptors (Lipinski definition) is 5. The fourth-order valence-electron chi connectivity index (χ4n) is 2.52. The van der Waals surface area contributed by atoms with Gasteiger partial charge in [-0.15, -0.1) is 0 Å². The quantitative estimate of drug-likeness (QED) is 0.653. The normalized spacial score (nSPS) is 10.4. The topological polar surface area (TPSA) is 97.5 Å². The monoisotopic (exact) mass is 366 g/mol. The number of esters is 2. The number of para-hydroxylation sites is 1. The number of H-pyrrole nitrogens is 1. The van der Waals surface area contributed by atoms with Crippen LogP contribution in [0.15, 0.2) is 54.6 Å². The largest absolute Gasteiger partial charge is 0.465 e. The molecule has 0 spiro atoms. The van der Waals surface area contributed by atoms with Crippen LogP contribution in [0.2, 0.25) is 0 Å². The first kappa shape index (κ1) is 18.2. The zero-order valence-electron chi connectivity index (χ0n) is 14.7. The van der Waals surface area contributed by atoms with Gasteiger partial charge in [0.1, 0.15) is 5.69 Å². The molecule has 7 nitrogen and oxygen atoms in total. The van der Waals surface area contributed by atoms with Gasteiger partial charge >= 0.3 is 11.9 Å². The summed E-state index contributed by atoms with van der Waals surface area (Å²) in [5, 5.41) is 3.55. The maximum Gasteiger partial charge on any atom is 0.355 e. The van der Waals surface area contributed by atoms with Crippen LogP contribution in [0.4, 0.5) is 0 Å². The van der Waals surface area contributed by atoms with Gasteiger partial charge in [-0.2, -0.15) is 0 Å². The molecule has 0 fully saturated rings. The summed E-state index contributed by atoms with van der Waals surface area (Å²) in [6, 6.07) is 15.8. The summed E-state index contributed by atoms with van der Waals surface area (Å²) in [5.74, 6) is -1.44. The molecule has 0 aliphatic rings. The fraction of sp³-hybridized carbons (Fsp3) is 0.150. The molecule has 2 N–H and O–H groups in total. The molecule has 0 bridgehead atoms. The minimum atomic E-state index is -0.594. The molecule has 0 unspecified atom stereocenters. The number of amides is 1. The first-order chi connectivity index (χ1) is 13.1. The number of benzene rings is 2. The second-order valence-corrected chi connectivity index (χ2v) is 5.81.